The van der Waals surface area contributed by atoms with Gasteiger partial charge in [0.2, 0.25) is 5.91 Å². The van der Waals surface area contributed by atoms with Gasteiger partial charge in [-0.25, -0.2) is 9.37 Å². The van der Waals surface area contributed by atoms with E-state index in [0.717, 1.165) is 31.6 Å². The summed E-state index contributed by atoms with van der Waals surface area (Å²) < 4.78 is 18.8. The Hall–Kier alpha value is -3.58. The van der Waals surface area contributed by atoms with E-state index >= 15 is 0 Å². The summed E-state index contributed by atoms with van der Waals surface area (Å²) in [4.78, 5) is 31.7. The molecule has 0 unspecified atom stereocenters. The van der Waals surface area contributed by atoms with Gasteiger partial charge in [0.05, 0.1) is 5.69 Å². The van der Waals surface area contributed by atoms with Gasteiger partial charge in [-0.3, -0.25) is 9.59 Å². The molecule has 0 radical (unpaired) electrons. The van der Waals surface area contributed by atoms with E-state index in [1.807, 2.05) is 0 Å². The van der Waals surface area contributed by atoms with Crippen LogP contribution in [-0.4, -0.2) is 41.2 Å². The average molecular weight is 462 g/mol. The number of rotatable bonds is 9. The zero-order chi connectivity index (χ0) is 23.9. The summed E-state index contributed by atoms with van der Waals surface area (Å²) in [5.41, 5.74) is 7.22. The number of halogens is 1. The lowest BCUT2D eigenvalue weighted by Crippen LogP contribution is -2.30. The number of primary amides is 1. The number of carbonyl (C=O) groups is 2. The van der Waals surface area contributed by atoms with Crippen LogP contribution in [0.3, 0.4) is 0 Å². The third kappa shape index (κ3) is 6.26. The minimum atomic E-state index is -0.609. The molecular formula is C27H28FN3O3. The number of benzene rings is 2. The highest BCUT2D eigenvalue weighted by atomic mass is 19.1. The second kappa shape index (κ2) is 11.0. The van der Waals surface area contributed by atoms with Crippen LogP contribution in [-0.2, 0) is 0 Å². The van der Waals surface area contributed by atoms with Crippen LogP contribution in [0.15, 0.2) is 60.7 Å². The maximum atomic E-state index is 13.1. The number of pyridine rings is 1. The van der Waals surface area contributed by atoms with Gasteiger partial charge in [-0.15, -0.1) is 0 Å². The summed E-state index contributed by atoms with van der Waals surface area (Å²) in [7, 11) is 0. The molecule has 7 heteroatoms. The standard InChI is InChI=1S/C27H28FN3O3/c28-21-8-12-23(13-9-21)34-22-10-6-19(7-11-22)24-17-20(27(29)33)18-25(30-24)26(32)5-4-16-31-14-2-1-3-15-31/h6-13,17-18H,1-5,14-16H2,(H2,29,33). The highest BCUT2D eigenvalue weighted by Gasteiger charge is 2.16. The molecule has 0 atom stereocenters. The molecular weight excluding hydrogens is 433 g/mol. The number of carbonyl (C=O) groups excluding carboxylic acids is 2. The fraction of sp³-hybridized carbons (Fsp3) is 0.296. The third-order valence-corrected chi connectivity index (χ3v) is 5.92. The van der Waals surface area contributed by atoms with E-state index in [0.29, 0.717) is 23.6 Å². The third-order valence-electron chi connectivity index (χ3n) is 5.92. The van der Waals surface area contributed by atoms with Crippen LogP contribution in [0.4, 0.5) is 4.39 Å². The Labute approximate surface area is 198 Å². The maximum Gasteiger partial charge on any atom is 0.248 e. The molecule has 2 heterocycles. The van der Waals surface area contributed by atoms with Crippen molar-refractivity contribution in [3.05, 3.63) is 77.7 Å². The molecule has 1 aromatic heterocycles. The molecule has 1 amide bonds. The van der Waals surface area contributed by atoms with Crippen molar-refractivity contribution >= 4 is 11.7 Å². The van der Waals surface area contributed by atoms with E-state index in [9.17, 15) is 14.0 Å². The number of amides is 1. The second-order valence-electron chi connectivity index (χ2n) is 8.50. The van der Waals surface area contributed by atoms with E-state index in [4.69, 9.17) is 10.5 Å². The van der Waals surface area contributed by atoms with E-state index < -0.39 is 5.91 Å². The first-order chi connectivity index (χ1) is 16.5. The number of ketones is 1. The molecule has 1 aliphatic heterocycles. The first kappa shape index (κ1) is 23.6. The van der Waals surface area contributed by atoms with Crippen LogP contribution in [0.25, 0.3) is 11.3 Å². The molecule has 3 aromatic rings. The quantitative estimate of drug-likeness (QED) is 0.441. The average Bonchev–Trinajstić information content (AvgIpc) is 2.86. The number of nitrogens with zero attached hydrogens (tertiary/aromatic N) is 2. The van der Waals surface area contributed by atoms with Gasteiger partial charge in [0.15, 0.2) is 5.78 Å². The molecule has 1 aliphatic rings. The molecule has 1 fully saturated rings. The lowest BCUT2D eigenvalue weighted by molar-refractivity contribution is 0.0968. The van der Waals surface area contributed by atoms with E-state index in [-0.39, 0.29) is 22.9 Å². The van der Waals surface area contributed by atoms with Gasteiger partial charge >= 0.3 is 0 Å². The summed E-state index contributed by atoms with van der Waals surface area (Å²) >= 11 is 0. The minimum absolute atomic E-state index is 0.0994. The van der Waals surface area contributed by atoms with E-state index in [1.54, 1.807) is 42.5 Å². The van der Waals surface area contributed by atoms with Gasteiger partial charge in [0.1, 0.15) is 23.0 Å². The molecule has 34 heavy (non-hydrogen) atoms. The molecule has 2 aromatic carbocycles. The Morgan fingerprint density at radius 3 is 2.24 bits per heavy atom. The molecule has 176 valence electrons. The molecule has 6 nitrogen and oxygen atoms in total. The Balaban J connectivity index is 1.47. The number of piperidine rings is 1. The molecule has 4 rings (SSSR count). The molecule has 0 saturated carbocycles. The number of ether oxygens (including phenoxy) is 1. The fourth-order valence-electron chi connectivity index (χ4n) is 4.07. The van der Waals surface area contributed by atoms with Crippen LogP contribution in [0.5, 0.6) is 11.5 Å². The van der Waals surface area contributed by atoms with Gasteiger partial charge in [-0.2, -0.15) is 0 Å². The van der Waals surface area contributed by atoms with Crippen molar-refractivity contribution in [2.45, 2.75) is 32.1 Å². The van der Waals surface area contributed by atoms with Crippen molar-refractivity contribution < 1.29 is 18.7 Å². The van der Waals surface area contributed by atoms with Crippen molar-refractivity contribution in [2.24, 2.45) is 5.73 Å². The first-order valence-electron chi connectivity index (χ1n) is 11.6. The molecule has 2 N–H and O–H groups in total. The van der Waals surface area contributed by atoms with Gasteiger partial charge < -0.3 is 15.4 Å². The minimum Gasteiger partial charge on any atom is -0.457 e. The summed E-state index contributed by atoms with van der Waals surface area (Å²) in [6.45, 7) is 3.08. The van der Waals surface area contributed by atoms with Crippen molar-refractivity contribution in [3.8, 4) is 22.8 Å². The van der Waals surface area contributed by atoms with Crippen LogP contribution in [0, 0.1) is 5.82 Å². The van der Waals surface area contributed by atoms with E-state index in [2.05, 4.69) is 9.88 Å². The van der Waals surface area contributed by atoms with Crippen LogP contribution in [0.2, 0.25) is 0 Å². The van der Waals surface area contributed by atoms with Crippen molar-refractivity contribution in [1.29, 1.82) is 0 Å². The number of Topliss-reactive ketones (excluding diaryl/α,β-unsaturated/α-hetero) is 1. The topological polar surface area (TPSA) is 85.5 Å². The first-order valence-corrected chi connectivity index (χ1v) is 11.6. The second-order valence-corrected chi connectivity index (χ2v) is 8.50. The van der Waals surface area contributed by atoms with Crippen molar-refractivity contribution in [3.63, 3.8) is 0 Å². The number of hydrogen-bond acceptors (Lipinski definition) is 5. The van der Waals surface area contributed by atoms with Crippen LogP contribution < -0.4 is 10.5 Å². The lowest BCUT2D eigenvalue weighted by Gasteiger charge is -2.26. The number of nitrogens with two attached hydrogens (primary N) is 1. The number of likely N-dealkylation sites (tertiary alicyclic amines) is 1. The highest BCUT2D eigenvalue weighted by Crippen LogP contribution is 2.26. The summed E-state index contributed by atoms with van der Waals surface area (Å²) in [5.74, 6) is 0.0377. The summed E-state index contributed by atoms with van der Waals surface area (Å²) in [6, 6.07) is 15.9. The zero-order valence-electron chi connectivity index (χ0n) is 19.0. The van der Waals surface area contributed by atoms with Crippen LogP contribution >= 0.6 is 0 Å². The summed E-state index contributed by atoms with van der Waals surface area (Å²) in [5, 5.41) is 0. The molecule has 0 aliphatic carbocycles. The van der Waals surface area contributed by atoms with Crippen molar-refractivity contribution in [2.75, 3.05) is 19.6 Å². The smallest absolute Gasteiger partial charge is 0.248 e. The predicted octanol–water partition coefficient (Wildman–Crippen LogP) is 5.23. The Morgan fingerprint density at radius 1 is 0.941 bits per heavy atom. The zero-order valence-corrected chi connectivity index (χ0v) is 19.0. The van der Waals surface area contributed by atoms with Gasteiger partial charge in [-0.05, 0) is 99.6 Å². The van der Waals surface area contributed by atoms with Gasteiger partial charge in [0, 0.05) is 17.5 Å². The molecule has 1 saturated heterocycles. The largest absolute Gasteiger partial charge is 0.457 e. The van der Waals surface area contributed by atoms with E-state index in [1.165, 1.54) is 37.5 Å². The van der Waals surface area contributed by atoms with Gasteiger partial charge in [-0.1, -0.05) is 6.42 Å². The van der Waals surface area contributed by atoms with Gasteiger partial charge in [0.25, 0.3) is 0 Å². The SMILES string of the molecule is NC(=O)c1cc(C(=O)CCCN2CCCCC2)nc(-c2ccc(Oc3ccc(F)cc3)cc2)c1. The molecule has 0 spiro atoms. The van der Waals surface area contributed by atoms with Crippen LogP contribution in [0.1, 0.15) is 53.0 Å². The Kier molecular flexibility index (Phi) is 7.65. The highest BCUT2D eigenvalue weighted by molar-refractivity contribution is 5.99. The fourth-order valence-corrected chi connectivity index (χ4v) is 4.07. The normalized spacial score (nSPS) is 14.0. The lowest BCUT2D eigenvalue weighted by atomic mass is 10.0. The number of hydrogen-bond donors (Lipinski definition) is 1. The molecule has 0 bridgehead atoms. The Bertz CT molecular complexity index is 1140. The summed E-state index contributed by atoms with van der Waals surface area (Å²) in [6.07, 6.45) is 4.84. The van der Waals surface area contributed by atoms with Crippen molar-refractivity contribution in [1.82, 2.24) is 9.88 Å². The maximum absolute atomic E-state index is 13.1. The number of aromatic nitrogens is 1. The monoisotopic (exact) mass is 461 g/mol. The Morgan fingerprint density at radius 2 is 1.59 bits per heavy atom. The predicted molar refractivity (Wildman–Crippen MR) is 129 cm³/mol.